The molecule has 1 aliphatic rings. The summed E-state index contributed by atoms with van der Waals surface area (Å²) in [6.07, 6.45) is 5.79. The molecule has 1 rings (SSSR count). The smallest absolute Gasteiger partial charge is 0.264 e. The van der Waals surface area contributed by atoms with E-state index in [1.807, 2.05) is 13.0 Å². The molecule has 3 atom stereocenters. The highest BCUT2D eigenvalue weighted by Gasteiger charge is 2.30. The third-order valence-corrected chi connectivity index (χ3v) is 3.49. The number of rotatable bonds is 3. The molecular formula is C10H18O3S. The van der Waals surface area contributed by atoms with E-state index >= 15 is 0 Å². The molecule has 4 heteroatoms. The summed E-state index contributed by atoms with van der Waals surface area (Å²) in [5.74, 6) is 0.631. The van der Waals surface area contributed by atoms with Crippen LogP contribution in [-0.2, 0) is 14.3 Å². The van der Waals surface area contributed by atoms with Gasteiger partial charge in [0.1, 0.15) is 0 Å². The Hall–Kier alpha value is -0.350. The fraction of sp³-hybridized carbons (Fsp3) is 0.800. The molecule has 0 saturated heterocycles. The zero-order valence-electron chi connectivity index (χ0n) is 8.77. The summed E-state index contributed by atoms with van der Waals surface area (Å²) in [4.78, 5) is 0. The van der Waals surface area contributed by atoms with Crippen molar-refractivity contribution in [1.82, 2.24) is 0 Å². The molecule has 0 spiro atoms. The first kappa shape index (κ1) is 11.7. The van der Waals surface area contributed by atoms with Gasteiger partial charge in [0, 0.05) is 0 Å². The van der Waals surface area contributed by atoms with Crippen LogP contribution in [-0.4, -0.2) is 20.8 Å². The van der Waals surface area contributed by atoms with Gasteiger partial charge in [0.05, 0.1) is 12.4 Å². The molecule has 0 aromatic heterocycles. The highest BCUT2D eigenvalue weighted by molar-refractivity contribution is 7.86. The van der Waals surface area contributed by atoms with Crippen LogP contribution in [0.1, 0.15) is 26.2 Å². The number of hydrogen-bond donors (Lipinski definition) is 0. The molecular weight excluding hydrogens is 200 g/mol. The largest absolute Gasteiger partial charge is 0.267 e. The lowest BCUT2D eigenvalue weighted by Gasteiger charge is -2.33. The highest BCUT2D eigenvalue weighted by atomic mass is 32.2. The Kier molecular flexibility index (Phi) is 3.72. The van der Waals surface area contributed by atoms with Gasteiger partial charge < -0.3 is 0 Å². The third kappa shape index (κ3) is 3.10. The monoisotopic (exact) mass is 218 g/mol. The highest BCUT2D eigenvalue weighted by Crippen LogP contribution is 2.33. The molecule has 0 aromatic rings. The number of hydrogen-bond acceptors (Lipinski definition) is 3. The van der Waals surface area contributed by atoms with Crippen molar-refractivity contribution in [2.45, 2.75) is 32.3 Å². The summed E-state index contributed by atoms with van der Waals surface area (Å²) in [5, 5.41) is 0. The average molecular weight is 218 g/mol. The van der Waals surface area contributed by atoms with Crippen molar-refractivity contribution in [3.8, 4) is 0 Å². The van der Waals surface area contributed by atoms with E-state index < -0.39 is 10.1 Å². The van der Waals surface area contributed by atoms with Gasteiger partial charge >= 0.3 is 0 Å². The van der Waals surface area contributed by atoms with E-state index in [9.17, 15) is 8.42 Å². The van der Waals surface area contributed by atoms with Gasteiger partial charge in [-0.2, -0.15) is 8.42 Å². The van der Waals surface area contributed by atoms with E-state index in [-0.39, 0.29) is 12.0 Å². The van der Waals surface area contributed by atoms with Gasteiger partial charge in [0.15, 0.2) is 0 Å². The van der Waals surface area contributed by atoms with Crippen LogP contribution in [0.5, 0.6) is 0 Å². The van der Waals surface area contributed by atoms with Crippen molar-refractivity contribution in [2.75, 3.05) is 6.26 Å². The summed E-state index contributed by atoms with van der Waals surface area (Å²) >= 11 is 0. The van der Waals surface area contributed by atoms with Gasteiger partial charge in [-0.05, 0) is 24.7 Å². The standard InChI is InChI=1S/C10H18O3S/c1-4-9-6-5-7-10(8(9)2)13-14(3,11)12/h4,8-10H,1,5-7H2,2-3H3/t8-,9+,10-/m1/s1. The molecule has 1 saturated carbocycles. The molecule has 0 aromatic carbocycles. The van der Waals surface area contributed by atoms with Gasteiger partial charge in [-0.15, -0.1) is 6.58 Å². The molecule has 0 N–H and O–H groups in total. The lowest BCUT2D eigenvalue weighted by molar-refractivity contribution is 0.0854. The van der Waals surface area contributed by atoms with Crippen molar-refractivity contribution >= 4 is 10.1 Å². The molecule has 1 aliphatic carbocycles. The van der Waals surface area contributed by atoms with Gasteiger partial charge in [-0.1, -0.05) is 19.4 Å². The van der Waals surface area contributed by atoms with Crippen LogP contribution in [0.25, 0.3) is 0 Å². The Morgan fingerprint density at radius 3 is 2.57 bits per heavy atom. The van der Waals surface area contributed by atoms with E-state index in [1.165, 1.54) is 0 Å². The molecule has 3 nitrogen and oxygen atoms in total. The summed E-state index contributed by atoms with van der Waals surface area (Å²) in [6, 6.07) is 0. The second kappa shape index (κ2) is 4.45. The van der Waals surface area contributed by atoms with E-state index in [2.05, 4.69) is 6.58 Å². The SMILES string of the molecule is C=C[C@H]1CCC[C@@H](OS(C)(=O)=O)[C@@H]1C. The van der Waals surface area contributed by atoms with Crippen LogP contribution in [0, 0.1) is 11.8 Å². The molecule has 0 bridgehead atoms. The molecule has 14 heavy (non-hydrogen) atoms. The van der Waals surface area contributed by atoms with Crippen LogP contribution in [0.3, 0.4) is 0 Å². The first-order valence-corrected chi connectivity index (χ1v) is 6.76. The normalized spacial score (nSPS) is 34.0. The first-order valence-electron chi connectivity index (χ1n) is 4.95. The Balaban J connectivity index is 2.65. The van der Waals surface area contributed by atoms with Crippen molar-refractivity contribution in [3.05, 3.63) is 12.7 Å². The Bertz CT molecular complexity index is 294. The lowest BCUT2D eigenvalue weighted by atomic mass is 9.78. The summed E-state index contributed by atoms with van der Waals surface area (Å²) < 4.78 is 27.0. The van der Waals surface area contributed by atoms with Gasteiger partial charge in [-0.25, -0.2) is 0 Å². The van der Waals surface area contributed by atoms with Crippen LogP contribution < -0.4 is 0 Å². The predicted octanol–water partition coefficient (Wildman–Crippen LogP) is 1.95. The maximum Gasteiger partial charge on any atom is 0.264 e. The fourth-order valence-corrected chi connectivity index (χ4v) is 2.77. The Labute approximate surface area is 86.3 Å². The molecule has 0 unspecified atom stereocenters. The first-order chi connectivity index (χ1) is 6.44. The van der Waals surface area contributed by atoms with Crippen LogP contribution in [0.15, 0.2) is 12.7 Å². The minimum absolute atomic E-state index is 0.165. The Morgan fingerprint density at radius 1 is 1.43 bits per heavy atom. The second-order valence-corrected chi connectivity index (χ2v) is 5.63. The van der Waals surface area contributed by atoms with Gasteiger partial charge in [0.25, 0.3) is 10.1 Å². The minimum Gasteiger partial charge on any atom is -0.267 e. The number of allylic oxidation sites excluding steroid dienone is 1. The molecule has 0 amide bonds. The molecule has 0 heterocycles. The van der Waals surface area contributed by atoms with Crippen molar-refractivity contribution < 1.29 is 12.6 Å². The summed E-state index contributed by atoms with van der Waals surface area (Å²) in [7, 11) is -3.32. The van der Waals surface area contributed by atoms with Crippen molar-refractivity contribution in [1.29, 1.82) is 0 Å². The zero-order valence-corrected chi connectivity index (χ0v) is 9.59. The third-order valence-electron chi connectivity index (χ3n) is 2.89. The topological polar surface area (TPSA) is 43.4 Å². The maximum atomic E-state index is 11.0. The molecule has 1 fully saturated rings. The minimum atomic E-state index is -3.32. The van der Waals surface area contributed by atoms with Crippen molar-refractivity contribution in [3.63, 3.8) is 0 Å². The van der Waals surface area contributed by atoms with E-state index in [4.69, 9.17) is 4.18 Å². The second-order valence-electron chi connectivity index (χ2n) is 4.03. The van der Waals surface area contributed by atoms with E-state index in [0.717, 1.165) is 25.5 Å². The van der Waals surface area contributed by atoms with E-state index in [0.29, 0.717) is 5.92 Å². The molecule has 82 valence electrons. The summed E-state index contributed by atoms with van der Waals surface area (Å²) in [6.45, 7) is 5.79. The van der Waals surface area contributed by atoms with Crippen molar-refractivity contribution in [2.24, 2.45) is 11.8 Å². The zero-order chi connectivity index (χ0) is 10.8. The predicted molar refractivity (Wildman–Crippen MR) is 56.4 cm³/mol. The average Bonchev–Trinajstić information content (AvgIpc) is 2.06. The van der Waals surface area contributed by atoms with Crippen LogP contribution in [0.2, 0.25) is 0 Å². The quantitative estimate of drug-likeness (QED) is 0.537. The fourth-order valence-electron chi connectivity index (χ4n) is 2.05. The maximum absolute atomic E-state index is 11.0. The lowest BCUT2D eigenvalue weighted by Crippen LogP contribution is -2.33. The van der Waals surface area contributed by atoms with Crippen LogP contribution >= 0.6 is 0 Å². The van der Waals surface area contributed by atoms with Gasteiger partial charge in [-0.3, -0.25) is 4.18 Å². The Morgan fingerprint density at radius 2 is 2.07 bits per heavy atom. The molecule has 0 aliphatic heterocycles. The van der Waals surface area contributed by atoms with E-state index in [1.54, 1.807) is 0 Å². The molecule has 0 radical (unpaired) electrons. The van der Waals surface area contributed by atoms with Gasteiger partial charge in [0.2, 0.25) is 0 Å². The van der Waals surface area contributed by atoms with Crippen LogP contribution in [0.4, 0.5) is 0 Å². The summed E-state index contributed by atoms with van der Waals surface area (Å²) in [5.41, 5.74) is 0.